The number of nitrogens with zero attached hydrogens (tertiary/aromatic N) is 4. The van der Waals surface area contributed by atoms with E-state index in [0.717, 1.165) is 29.6 Å². The van der Waals surface area contributed by atoms with Gasteiger partial charge in [0.15, 0.2) is 11.0 Å². The van der Waals surface area contributed by atoms with Gasteiger partial charge < -0.3 is 9.47 Å². The highest BCUT2D eigenvalue weighted by Gasteiger charge is 2.22. The van der Waals surface area contributed by atoms with Gasteiger partial charge in [-0.2, -0.15) is 0 Å². The number of carbonyl (C=O) groups is 1. The summed E-state index contributed by atoms with van der Waals surface area (Å²) in [5.41, 5.74) is 2.22. The first-order chi connectivity index (χ1) is 11.0. The predicted molar refractivity (Wildman–Crippen MR) is 94.4 cm³/mol. The van der Waals surface area contributed by atoms with Crippen LogP contribution in [-0.4, -0.2) is 43.9 Å². The summed E-state index contributed by atoms with van der Waals surface area (Å²) in [7, 11) is 1.94. The van der Waals surface area contributed by atoms with E-state index < -0.39 is 0 Å². The topological polar surface area (TPSA) is 51.0 Å². The normalized spacial score (nSPS) is 12.2. The van der Waals surface area contributed by atoms with Gasteiger partial charge in [0.2, 0.25) is 5.91 Å². The molecule has 23 heavy (non-hydrogen) atoms. The number of hydrogen-bond acceptors (Lipinski definition) is 4. The quantitative estimate of drug-likeness (QED) is 0.763. The molecular weight excluding hydrogens is 308 g/mol. The van der Waals surface area contributed by atoms with Crippen molar-refractivity contribution in [1.29, 1.82) is 0 Å². The third-order valence-corrected chi connectivity index (χ3v) is 4.94. The van der Waals surface area contributed by atoms with Crippen LogP contribution in [-0.2, 0) is 11.8 Å². The van der Waals surface area contributed by atoms with E-state index in [-0.39, 0.29) is 11.2 Å². The number of amides is 1. The van der Waals surface area contributed by atoms with Crippen LogP contribution in [0.2, 0.25) is 0 Å². The van der Waals surface area contributed by atoms with Crippen molar-refractivity contribution >= 4 is 17.7 Å². The average molecular weight is 332 g/mol. The van der Waals surface area contributed by atoms with Crippen LogP contribution in [0.15, 0.2) is 29.4 Å². The number of aromatic nitrogens is 3. The van der Waals surface area contributed by atoms with Crippen LogP contribution >= 0.6 is 11.8 Å². The maximum absolute atomic E-state index is 12.4. The smallest absolute Gasteiger partial charge is 0.235 e. The second kappa shape index (κ2) is 7.64. The molecule has 0 aliphatic rings. The number of aryl methyl sites for hydroxylation is 1. The molecule has 2 aromatic rings. The highest BCUT2D eigenvalue weighted by molar-refractivity contribution is 8.00. The lowest BCUT2D eigenvalue weighted by Gasteiger charge is -2.22. The molecule has 0 spiro atoms. The Morgan fingerprint density at radius 3 is 2.61 bits per heavy atom. The Labute approximate surface area is 142 Å². The monoisotopic (exact) mass is 332 g/mol. The lowest BCUT2D eigenvalue weighted by Crippen LogP contribution is -2.36. The van der Waals surface area contributed by atoms with Crippen molar-refractivity contribution in [3.63, 3.8) is 0 Å². The molecule has 0 bridgehead atoms. The van der Waals surface area contributed by atoms with Crippen LogP contribution < -0.4 is 0 Å². The molecule has 1 atom stereocenters. The van der Waals surface area contributed by atoms with Crippen LogP contribution in [0, 0.1) is 6.92 Å². The molecule has 0 saturated heterocycles. The Morgan fingerprint density at radius 2 is 2.00 bits per heavy atom. The summed E-state index contributed by atoms with van der Waals surface area (Å²) in [6.45, 7) is 9.43. The first-order valence-electron chi connectivity index (χ1n) is 7.89. The van der Waals surface area contributed by atoms with E-state index >= 15 is 0 Å². The van der Waals surface area contributed by atoms with Gasteiger partial charge in [-0.15, -0.1) is 10.2 Å². The lowest BCUT2D eigenvalue weighted by molar-refractivity contribution is -0.129. The van der Waals surface area contributed by atoms with E-state index in [9.17, 15) is 4.79 Å². The number of hydrogen-bond donors (Lipinski definition) is 0. The fourth-order valence-corrected chi connectivity index (χ4v) is 3.35. The van der Waals surface area contributed by atoms with Gasteiger partial charge in [0.05, 0.1) is 5.25 Å². The van der Waals surface area contributed by atoms with Crippen molar-refractivity contribution in [2.45, 2.75) is 38.1 Å². The molecule has 2 rings (SSSR count). The molecule has 0 N–H and O–H groups in total. The SMILES string of the molecule is CCN(CC)C(=O)C(C)Sc1nnc(-c2cccc(C)c2)n1C. The highest BCUT2D eigenvalue weighted by Crippen LogP contribution is 2.26. The average Bonchev–Trinajstić information content (AvgIpc) is 2.89. The summed E-state index contributed by atoms with van der Waals surface area (Å²) in [6.07, 6.45) is 0. The minimum Gasteiger partial charge on any atom is -0.342 e. The summed E-state index contributed by atoms with van der Waals surface area (Å²) < 4.78 is 1.95. The molecular formula is C17H24N4OS. The summed E-state index contributed by atoms with van der Waals surface area (Å²) in [4.78, 5) is 14.2. The van der Waals surface area contributed by atoms with Crippen LogP contribution in [0.1, 0.15) is 26.3 Å². The van der Waals surface area contributed by atoms with E-state index in [1.807, 2.05) is 49.4 Å². The summed E-state index contributed by atoms with van der Waals surface area (Å²) in [6, 6.07) is 8.18. The maximum atomic E-state index is 12.4. The molecule has 1 heterocycles. The Hall–Kier alpha value is -1.82. The van der Waals surface area contributed by atoms with E-state index in [2.05, 4.69) is 29.3 Å². The molecule has 5 nitrogen and oxygen atoms in total. The zero-order valence-electron chi connectivity index (χ0n) is 14.4. The Balaban J connectivity index is 2.18. The first kappa shape index (κ1) is 17.5. The Kier molecular flexibility index (Phi) is 5.82. The second-order valence-electron chi connectivity index (χ2n) is 5.51. The van der Waals surface area contributed by atoms with Crippen molar-refractivity contribution in [2.75, 3.05) is 13.1 Å². The maximum Gasteiger partial charge on any atom is 0.235 e. The molecule has 0 fully saturated rings. The Morgan fingerprint density at radius 1 is 1.30 bits per heavy atom. The zero-order valence-corrected chi connectivity index (χ0v) is 15.2. The van der Waals surface area contributed by atoms with Gasteiger partial charge in [-0.1, -0.05) is 35.5 Å². The van der Waals surface area contributed by atoms with Gasteiger partial charge >= 0.3 is 0 Å². The van der Waals surface area contributed by atoms with E-state index in [0.29, 0.717) is 0 Å². The van der Waals surface area contributed by atoms with Gasteiger partial charge in [0.1, 0.15) is 0 Å². The minimum atomic E-state index is -0.178. The van der Waals surface area contributed by atoms with Gasteiger partial charge in [0, 0.05) is 25.7 Å². The molecule has 1 aromatic carbocycles. The molecule has 1 aromatic heterocycles. The van der Waals surface area contributed by atoms with E-state index in [4.69, 9.17) is 0 Å². The largest absolute Gasteiger partial charge is 0.342 e. The number of carbonyl (C=O) groups excluding carboxylic acids is 1. The van der Waals surface area contributed by atoms with Crippen molar-refractivity contribution in [3.8, 4) is 11.4 Å². The first-order valence-corrected chi connectivity index (χ1v) is 8.77. The van der Waals surface area contributed by atoms with E-state index in [1.165, 1.54) is 17.3 Å². The van der Waals surface area contributed by atoms with Gasteiger partial charge in [0.25, 0.3) is 0 Å². The summed E-state index contributed by atoms with van der Waals surface area (Å²) in [5.74, 6) is 0.957. The fraction of sp³-hybridized carbons (Fsp3) is 0.471. The van der Waals surface area contributed by atoms with Crippen molar-refractivity contribution in [2.24, 2.45) is 7.05 Å². The standard InChI is InChI=1S/C17H24N4OS/c1-6-21(7-2)16(22)13(4)23-17-19-18-15(20(17)5)14-10-8-9-12(3)11-14/h8-11,13H,6-7H2,1-5H3. The Bertz CT molecular complexity index is 679. The summed E-state index contributed by atoms with van der Waals surface area (Å²) >= 11 is 1.46. The molecule has 1 unspecified atom stereocenters. The molecule has 0 radical (unpaired) electrons. The van der Waals surface area contributed by atoms with Crippen molar-refractivity contribution < 1.29 is 4.79 Å². The van der Waals surface area contributed by atoms with Gasteiger partial charge in [-0.05, 0) is 33.8 Å². The third-order valence-electron chi connectivity index (χ3n) is 3.82. The van der Waals surface area contributed by atoms with Gasteiger partial charge in [-0.3, -0.25) is 4.79 Å². The fourth-order valence-electron chi connectivity index (χ4n) is 2.45. The molecule has 0 aliphatic heterocycles. The molecule has 0 saturated carbocycles. The molecule has 1 amide bonds. The molecule has 124 valence electrons. The molecule has 6 heteroatoms. The highest BCUT2D eigenvalue weighted by atomic mass is 32.2. The molecule has 0 aliphatic carbocycles. The van der Waals surface area contributed by atoms with Crippen LogP contribution in [0.5, 0.6) is 0 Å². The second-order valence-corrected chi connectivity index (χ2v) is 6.81. The van der Waals surface area contributed by atoms with E-state index in [1.54, 1.807) is 0 Å². The van der Waals surface area contributed by atoms with Crippen LogP contribution in [0.25, 0.3) is 11.4 Å². The van der Waals surface area contributed by atoms with Crippen molar-refractivity contribution in [3.05, 3.63) is 29.8 Å². The van der Waals surface area contributed by atoms with Crippen LogP contribution in [0.3, 0.4) is 0 Å². The van der Waals surface area contributed by atoms with Crippen LogP contribution in [0.4, 0.5) is 0 Å². The predicted octanol–water partition coefficient (Wildman–Crippen LogP) is 3.14. The third kappa shape index (κ3) is 3.93. The van der Waals surface area contributed by atoms with Crippen molar-refractivity contribution in [1.82, 2.24) is 19.7 Å². The number of rotatable bonds is 6. The minimum absolute atomic E-state index is 0.139. The number of benzene rings is 1. The van der Waals surface area contributed by atoms with Gasteiger partial charge in [-0.25, -0.2) is 0 Å². The lowest BCUT2D eigenvalue weighted by atomic mass is 10.1. The number of thioether (sulfide) groups is 1. The summed E-state index contributed by atoms with van der Waals surface area (Å²) in [5, 5.41) is 9.13. The zero-order chi connectivity index (χ0) is 17.0.